The average molecular weight is 418 g/mol. The Hall–Kier alpha value is -2.44. The molecule has 0 saturated carbocycles. The molecule has 2 heterocycles. The van der Waals surface area contributed by atoms with Gasteiger partial charge >= 0.3 is 0 Å². The molecule has 0 radical (unpaired) electrons. The van der Waals surface area contributed by atoms with Gasteiger partial charge in [-0.2, -0.15) is 0 Å². The lowest BCUT2D eigenvalue weighted by Crippen LogP contribution is -2.36. The molecular weight excluding hydrogens is 393 g/mol. The van der Waals surface area contributed by atoms with Crippen molar-refractivity contribution in [1.29, 1.82) is 0 Å². The van der Waals surface area contributed by atoms with Gasteiger partial charge in [0.1, 0.15) is 5.82 Å². The van der Waals surface area contributed by atoms with E-state index in [2.05, 4.69) is 12.1 Å². The molecule has 4 rings (SSSR count). The monoisotopic (exact) mass is 417 g/mol. The summed E-state index contributed by atoms with van der Waals surface area (Å²) in [6.07, 6.45) is 0.118. The number of amides is 2. The molecule has 29 heavy (non-hydrogen) atoms. The van der Waals surface area contributed by atoms with Crippen LogP contribution in [0, 0.1) is 17.7 Å². The van der Waals surface area contributed by atoms with Crippen molar-refractivity contribution in [2.45, 2.75) is 12.3 Å². The number of likely N-dealkylation sites (tertiary alicyclic amines) is 1. The average Bonchev–Trinajstić information content (AvgIpc) is 3.32. The number of anilines is 1. The molecule has 0 aliphatic carbocycles. The van der Waals surface area contributed by atoms with Crippen molar-refractivity contribution in [2.75, 3.05) is 31.1 Å². The highest BCUT2D eigenvalue weighted by atomic mass is 35.5. The van der Waals surface area contributed by atoms with Crippen molar-refractivity contribution in [3.63, 3.8) is 0 Å². The van der Waals surface area contributed by atoms with E-state index in [9.17, 15) is 14.0 Å². The van der Waals surface area contributed by atoms with Crippen LogP contribution in [0.2, 0.25) is 0 Å². The lowest BCUT2D eigenvalue weighted by atomic mass is 9.89. The van der Waals surface area contributed by atoms with Gasteiger partial charge in [-0.25, -0.2) is 4.39 Å². The molecule has 2 aromatic rings. The van der Waals surface area contributed by atoms with Gasteiger partial charge in [0, 0.05) is 32.0 Å². The van der Waals surface area contributed by atoms with Crippen molar-refractivity contribution in [3.8, 4) is 0 Å². The Kier molecular flexibility index (Phi) is 6.55. The lowest BCUT2D eigenvalue weighted by molar-refractivity contribution is -0.134. The van der Waals surface area contributed by atoms with Crippen molar-refractivity contribution < 1.29 is 14.0 Å². The van der Waals surface area contributed by atoms with E-state index in [1.807, 2.05) is 23.1 Å². The molecule has 3 atom stereocenters. The van der Waals surface area contributed by atoms with Gasteiger partial charge in [0.2, 0.25) is 11.8 Å². The van der Waals surface area contributed by atoms with Gasteiger partial charge < -0.3 is 15.5 Å². The standard InChI is InChI=1S/C22H24FN3O2.ClH/c23-19-8-4-5-9-20(19)26-13-16(10-21(26)27)22(28)25-12-17(11-24)18(14-25)15-6-2-1-3-7-15;/h1-9,16-18H,10-14,24H2;1H/t16?,17-,18+;/m1./s1. The quantitative estimate of drug-likeness (QED) is 0.831. The molecule has 0 spiro atoms. The predicted octanol–water partition coefficient (Wildman–Crippen LogP) is 2.80. The van der Waals surface area contributed by atoms with E-state index in [1.54, 1.807) is 18.2 Å². The molecule has 2 fully saturated rings. The van der Waals surface area contributed by atoms with Gasteiger partial charge in [0.05, 0.1) is 11.6 Å². The molecule has 5 nitrogen and oxygen atoms in total. The fourth-order valence-electron chi connectivity index (χ4n) is 4.40. The first kappa shape index (κ1) is 21.3. The van der Waals surface area contributed by atoms with Crippen molar-refractivity contribution in [2.24, 2.45) is 17.6 Å². The summed E-state index contributed by atoms with van der Waals surface area (Å²) < 4.78 is 14.1. The number of halogens is 2. The number of rotatable bonds is 4. The molecule has 7 heteroatoms. The van der Waals surface area contributed by atoms with Gasteiger partial charge in [0.25, 0.3) is 0 Å². The minimum atomic E-state index is -0.447. The summed E-state index contributed by atoms with van der Waals surface area (Å²) in [6.45, 7) is 1.93. The van der Waals surface area contributed by atoms with E-state index >= 15 is 0 Å². The normalized spacial score (nSPS) is 23.9. The van der Waals surface area contributed by atoms with E-state index in [1.165, 1.54) is 16.5 Å². The highest BCUT2D eigenvalue weighted by Gasteiger charge is 2.42. The maximum absolute atomic E-state index is 14.1. The Labute approximate surface area is 176 Å². The molecule has 2 N–H and O–H groups in total. The summed E-state index contributed by atoms with van der Waals surface area (Å²) in [6, 6.07) is 16.3. The summed E-state index contributed by atoms with van der Waals surface area (Å²) in [7, 11) is 0. The first-order valence-electron chi connectivity index (χ1n) is 9.67. The largest absolute Gasteiger partial charge is 0.341 e. The fourth-order valence-corrected chi connectivity index (χ4v) is 4.40. The molecule has 0 bridgehead atoms. The van der Waals surface area contributed by atoms with Gasteiger partial charge in [0.15, 0.2) is 0 Å². The van der Waals surface area contributed by atoms with Gasteiger partial charge in [-0.1, -0.05) is 42.5 Å². The Morgan fingerprint density at radius 2 is 1.72 bits per heavy atom. The summed E-state index contributed by atoms with van der Waals surface area (Å²) in [5.74, 6) is -0.736. The third-order valence-electron chi connectivity index (χ3n) is 5.90. The van der Waals surface area contributed by atoms with E-state index in [0.717, 1.165) is 0 Å². The number of carbonyl (C=O) groups excluding carboxylic acids is 2. The van der Waals surface area contributed by atoms with Crippen molar-refractivity contribution >= 4 is 29.9 Å². The zero-order valence-electron chi connectivity index (χ0n) is 16.0. The van der Waals surface area contributed by atoms with Crippen LogP contribution in [-0.4, -0.2) is 42.9 Å². The second-order valence-electron chi connectivity index (χ2n) is 7.61. The van der Waals surface area contributed by atoms with Crippen LogP contribution in [0.3, 0.4) is 0 Å². The highest BCUT2D eigenvalue weighted by Crippen LogP contribution is 2.35. The van der Waals surface area contributed by atoms with Crippen molar-refractivity contribution in [1.82, 2.24) is 4.90 Å². The minimum Gasteiger partial charge on any atom is -0.341 e. The van der Waals surface area contributed by atoms with Gasteiger partial charge in [-0.05, 0) is 30.2 Å². The number of benzene rings is 2. The van der Waals surface area contributed by atoms with Gasteiger partial charge in [-0.15, -0.1) is 12.4 Å². The molecule has 2 amide bonds. The summed E-state index contributed by atoms with van der Waals surface area (Å²) in [5, 5.41) is 0. The molecule has 2 aromatic carbocycles. The highest BCUT2D eigenvalue weighted by molar-refractivity contribution is 6.00. The molecule has 154 valence electrons. The van der Waals surface area contributed by atoms with Crippen LogP contribution in [0.1, 0.15) is 17.9 Å². The molecule has 2 aliphatic heterocycles. The summed E-state index contributed by atoms with van der Waals surface area (Å²) >= 11 is 0. The number of carbonyl (C=O) groups is 2. The second kappa shape index (κ2) is 8.93. The third kappa shape index (κ3) is 4.14. The smallest absolute Gasteiger partial charge is 0.228 e. The van der Waals surface area contributed by atoms with E-state index in [-0.39, 0.29) is 54.7 Å². The van der Waals surface area contributed by atoms with E-state index in [0.29, 0.717) is 19.6 Å². The van der Waals surface area contributed by atoms with Crippen LogP contribution >= 0.6 is 12.4 Å². The minimum absolute atomic E-state index is 0. The second-order valence-corrected chi connectivity index (χ2v) is 7.61. The number of hydrogen-bond donors (Lipinski definition) is 1. The van der Waals surface area contributed by atoms with Gasteiger partial charge in [-0.3, -0.25) is 9.59 Å². The summed E-state index contributed by atoms with van der Waals surface area (Å²) in [5.41, 5.74) is 7.40. The van der Waals surface area contributed by atoms with E-state index < -0.39 is 11.7 Å². The SMILES string of the molecule is Cl.NC[C@@H]1CN(C(=O)C2CC(=O)N(c3ccccc3F)C2)C[C@H]1c1ccccc1. The molecule has 2 aliphatic rings. The first-order valence-corrected chi connectivity index (χ1v) is 9.67. The van der Waals surface area contributed by atoms with Crippen LogP contribution in [0.5, 0.6) is 0 Å². The Morgan fingerprint density at radius 3 is 2.41 bits per heavy atom. The molecule has 1 unspecified atom stereocenters. The number of nitrogens with zero attached hydrogens (tertiary/aromatic N) is 2. The Morgan fingerprint density at radius 1 is 1.03 bits per heavy atom. The third-order valence-corrected chi connectivity index (χ3v) is 5.90. The number of para-hydroxylation sites is 1. The molecule has 2 saturated heterocycles. The Balaban J connectivity index is 0.00000240. The van der Waals surface area contributed by atoms with Crippen LogP contribution in [0.4, 0.5) is 10.1 Å². The summed E-state index contributed by atoms with van der Waals surface area (Å²) in [4.78, 5) is 28.8. The topological polar surface area (TPSA) is 66.6 Å². The Bertz CT molecular complexity index is 879. The zero-order chi connectivity index (χ0) is 19.7. The maximum atomic E-state index is 14.1. The van der Waals surface area contributed by atoms with E-state index in [4.69, 9.17) is 5.73 Å². The maximum Gasteiger partial charge on any atom is 0.228 e. The fraction of sp³-hybridized carbons (Fsp3) is 0.364. The lowest BCUT2D eigenvalue weighted by Gasteiger charge is -2.21. The number of hydrogen-bond acceptors (Lipinski definition) is 3. The number of nitrogens with two attached hydrogens (primary N) is 1. The van der Waals surface area contributed by atoms with Crippen LogP contribution in [-0.2, 0) is 9.59 Å². The van der Waals surface area contributed by atoms with Crippen LogP contribution in [0.15, 0.2) is 54.6 Å². The van der Waals surface area contributed by atoms with Crippen LogP contribution in [0.25, 0.3) is 0 Å². The molecule has 0 aromatic heterocycles. The van der Waals surface area contributed by atoms with Crippen LogP contribution < -0.4 is 10.6 Å². The van der Waals surface area contributed by atoms with Crippen molar-refractivity contribution in [3.05, 3.63) is 66.0 Å². The molecular formula is C22H25ClFN3O2. The first-order chi connectivity index (χ1) is 13.6. The zero-order valence-corrected chi connectivity index (χ0v) is 16.9. The predicted molar refractivity (Wildman–Crippen MR) is 112 cm³/mol.